The number of hydrogen-bond acceptors (Lipinski definition) is 1. The van der Waals surface area contributed by atoms with Crippen molar-refractivity contribution in [3.63, 3.8) is 0 Å². The highest BCUT2D eigenvalue weighted by molar-refractivity contribution is 4.65. The summed E-state index contributed by atoms with van der Waals surface area (Å²) in [7, 11) is 0. The smallest absolute Gasteiger partial charge is 0.0597 e. The maximum Gasteiger partial charge on any atom is 0.0597 e. The molecule has 1 unspecified atom stereocenters. The minimum atomic E-state index is 0.635. The number of hydrogen-bond donors (Lipinski definition) is 0. The molecule has 0 bridgehead atoms. The van der Waals surface area contributed by atoms with Gasteiger partial charge in [-0.2, -0.15) is 0 Å². The Hall–Kier alpha value is -0.0400. The molecular weight excluding hydrogens is 148 g/mol. The van der Waals surface area contributed by atoms with Gasteiger partial charge in [0.05, 0.1) is 6.10 Å². The van der Waals surface area contributed by atoms with Gasteiger partial charge in [0.1, 0.15) is 0 Å². The summed E-state index contributed by atoms with van der Waals surface area (Å²) in [6, 6.07) is 0. The van der Waals surface area contributed by atoms with Crippen molar-refractivity contribution in [2.75, 3.05) is 6.61 Å². The highest BCUT2D eigenvalue weighted by Crippen LogP contribution is 2.18. The topological polar surface area (TPSA) is 9.23 Å². The Kier molecular flexibility index (Phi) is 5.42. The fourth-order valence-corrected chi connectivity index (χ4v) is 1.66. The molecule has 1 atom stereocenters. The van der Waals surface area contributed by atoms with E-state index in [0.717, 1.165) is 6.61 Å². The molecule has 0 aromatic carbocycles. The molecule has 1 fully saturated rings. The van der Waals surface area contributed by atoms with Crippen LogP contribution in [0.1, 0.15) is 58.3 Å². The lowest BCUT2D eigenvalue weighted by Crippen LogP contribution is -2.26. The van der Waals surface area contributed by atoms with Gasteiger partial charge in [-0.25, -0.2) is 0 Å². The quantitative estimate of drug-likeness (QED) is 0.531. The summed E-state index contributed by atoms with van der Waals surface area (Å²) in [4.78, 5) is 0. The average Bonchev–Trinajstić information content (AvgIpc) is 2.00. The van der Waals surface area contributed by atoms with Crippen LogP contribution in [0.15, 0.2) is 0 Å². The van der Waals surface area contributed by atoms with Crippen LogP contribution in [-0.4, -0.2) is 12.7 Å². The molecule has 1 saturated heterocycles. The van der Waals surface area contributed by atoms with E-state index in [1.165, 1.54) is 51.4 Å². The Balaban J connectivity index is 1.70. The van der Waals surface area contributed by atoms with Crippen LogP contribution in [0.25, 0.3) is 0 Å². The van der Waals surface area contributed by atoms with Crippen molar-refractivity contribution in [1.82, 2.24) is 0 Å². The Bertz CT molecular complexity index is 97.2. The number of unbranched alkanes of at least 4 members (excludes halogenated alkanes) is 5. The molecule has 1 aliphatic heterocycles. The Morgan fingerprint density at radius 1 is 1.08 bits per heavy atom. The number of ether oxygens (including phenoxy) is 1. The van der Waals surface area contributed by atoms with E-state index in [4.69, 9.17) is 4.74 Å². The molecular formula is C11H22O. The van der Waals surface area contributed by atoms with Crippen molar-refractivity contribution in [3.8, 4) is 0 Å². The molecule has 0 radical (unpaired) electrons. The predicted molar refractivity (Wildman–Crippen MR) is 52.4 cm³/mol. The molecule has 1 aliphatic rings. The van der Waals surface area contributed by atoms with Gasteiger partial charge in [0.25, 0.3) is 0 Å². The van der Waals surface area contributed by atoms with E-state index in [-0.39, 0.29) is 0 Å². The Labute approximate surface area is 76.5 Å². The van der Waals surface area contributed by atoms with Crippen LogP contribution < -0.4 is 0 Å². The minimum Gasteiger partial charge on any atom is -0.378 e. The molecule has 1 rings (SSSR count). The molecule has 0 saturated carbocycles. The average molecular weight is 170 g/mol. The third-order valence-corrected chi connectivity index (χ3v) is 2.67. The molecule has 0 aliphatic carbocycles. The summed E-state index contributed by atoms with van der Waals surface area (Å²) < 4.78 is 5.36. The molecule has 12 heavy (non-hydrogen) atoms. The van der Waals surface area contributed by atoms with E-state index in [9.17, 15) is 0 Å². The lowest BCUT2D eigenvalue weighted by atomic mass is 10.0. The molecule has 0 N–H and O–H groups in total. The first-order valence-corrected chi connectivity index (χ1v) is 5.55. The molecule has 0 spiro atoms. The van der Waals surface area contributed by atoms with Crippen LogP contribution in [0, 0.1) is 0 Å². The third-order valence-electron chi connectivity index (χ3n) is 2.67. The summed E-state index contributed by atoms with van der Waals surface area (Å²) in [6.07, 6.45) is 11.7. The van der Waals surface area contributed by atoms with Crippen molar-refractivity contribution in [3.05, 3.63) is 0 Å². The van der Waals surface area contributed by atoms with Crippen LogP contribution >= 0.6 is 0 Å². The van der Waals surface area contributed by atoms with Crippen LogP contribution in [-0.2, 0) is 4.74 Å². The molecule has 72 valence electrons. The molecule has 1 heterocycles. The van der Waals surface area contributed by atoms with Gasteiger partial charge in [-0.3, -0.25) is 0 Å². The van der Waals surface area contributed by atoms with Gasteiger partial charge in [-0.15, -0.1) is 0 Å². The normalized spacial score (nSPS) is 22.2. The Morgan fingerprint density at radius 3 is 2.33 bits per heavy atom. The first-order valence-electron chi connectivity index (χ1n) is 5.55. The molecule has 0 aromatic rings. The van der Waals surface area contributed by atoms with Gasteiger partial charge in [0.2, 0.25) is 0 Å². The van der Waals surface area contributed by atoms with E-state index < -0.39 is 0 Å². The second-order valence-electron chi connectivity index (χ2n) is 3.84. The van der Waals surface area contributed by atoms with Gasteiger partial charge in [0.15, 0.2) is 0 Å². The van der Waals surface area contributed by atoms with Crippen LogP contribution in [0.3, 0.4) is 0 Å². The Morgan fingerprint density at radius 2 is 1.75 bits per heavy atom. The zero-order valence-corrected chi connectivity index (χ0v) is 8.35. The van der Waals surface area contributed by atoms with E-state index in [1.54, 1.807) is 0 Å². The standard InChI is InChI=1S/C11H22O/c1-2-3-4-5-6-7-8-11-9-10-12-11/h11H,2-10H2,1H3. The van der Waals surface area contributed by atoms with Gasteiger partial charge in [-0.05, 0) is 12.8 Å². The van der Waals surface area contributed by atoms with Crippen molar-refractivity contribution < 1.29 is 4.74 Å². The second-order valence-corrected chi connectivity index (χ2v) is 3.84. The third kappa shape index (κ3) is 4.10. The van der Waals surface area contributed by atoms with Gasteiger partial charge < -0.3 is 4.74 Å². The molecule has 1 nitrogen and oxygen atoms in total. The van der Waals surface area contributed by atoms with Crippen LogP contribution in [0.4, 0.5) is 0 Å². The summed E-state index contributed by atoms with van der Waals surface area (Å²) in [5.41, 5.74) is 0. The second kappa shape index (κ2) is 6.47. The maximum absolute atomic E-state index is 5.36. The van der Waals surface area contributed by atoms with Crippen molar-refractivity contribution >= 4 is 0 Å². The fraction of sp³-hybridized carbons (Fsp3) is 1.00. The van der Waals surface area contributed by atoms with E-state index in [0.29, 0.717) is 6.10 Å². The van der Waals surface area contributed by atoms with Crippen molar-refractivity contribution in [2.45, 2.75) is 64.4 Å². The molecule has 0 amide bonds. The minimum absolute atomic E-state index is 0.635. The van der Waals surface area contributed by atoms with Crippen molar-refractivity contribution in [1.29, 1.82) is 0 Å². The summed E-state index contributed by atoms with van der Waals surface area (Å²) in [5, 5.41) is 0. The van der Waals surface area contributed by atoms with Gasteiger partial charge >= 0.3 is 0 Å². The molecule has 1 heteroatoms. The lowest BCUT2D eigenvalue weighted by molar-refractivity contribution is -0.0555. The highest BCUT2D eigenvalue weighted by Gasteiger charge is 2.16. The lowest BCUT2D eigenvalue weighted by Gasteiger charge is -2.26. The van der Waals surface area contributed by atoms with Gasteiger partial charge in [-0.1, -0.05) is 45.4 Å². The fourth-order valence-electron chi connectivity index (χ4n) is 1.66. The zero-order chi connectivity index (χ0) is 8.65. The summed E-state index contributed by atoms with van der Waals surface area (Å²) in [6.45, 7) is 3.28. The SMILES string of the molecule is CCCCCCCCC1CCO1. The molecule has 0 aromatic heterocycles. The van der Waals surface area contributed by atoms with E-state index >= 15 is 0 Å². The van der Waals surface area contributed by atoms with Gasteiger partial charge in [0, 0.05) is 6.61 Å². The van der Waals surface area contributed by atoms with Crippen LogP contribution in [0.2, 0.25) is 0 Å². The summed E-state index contributed by atoms with van der Waals surface area (Å²) >= 11 is 0. The zero-order valence-electron chi connectivity index (χ0n) is 8.35. The van der Waals surface area contributed by atoms with E-state index in [2.05, 4.69) is 6.92 Å². The monoisotopic (exact) mass is 170 g/mol. The maximum atomic E-state index is 5.36. The van der Waals surface area contributed by atoms with Crippen molar-refractivity contribution in [2.24, 2.45) is 0 Å². The summed E-state index contributed by atoms with van der Waals surface area (Å²) in [5.74, 6) is 0. The van der Waals surface area contributed by atoms with E-state index in [1.807, 2.05) is 0 Å². The first kappa shape index (κ1) is 10.0. The highest BCUT2D eigenvalue weighted by atomic mass is 16.5. The van der Waals surface area contributed by atoms with Crippen LogP contribution in [0.5, 0.6) is 0 Å². The largest absolute Gasteiger partial charge is 0.378 e. The predicted octanol–water partition coefficient (Wildman–Crippen LogP) is 3.53. The first-order chi connectivity index (χ1) is 5.93. The number of rotatable bonds is 7.